The van der Waals surface area contributed by atoms with Crippen LogP contribution in [0.15, 0.2) is 29.3 Å². The molecular formula is C21H35IN4O2. The van der Waals surface area contributed by atoms with Crippen molar-refractivity contribution >= 4 is 35.8 Å². The molecular weight excluding hydrogens is 467 g/mol. The number of hydrogen-bond acceptors (Lipinski definition) is 3. The highest BCUT2D eigenvalue weighted by Gasteiger charge is 2.26. The molecule has 28 heavy (non-hydrogen) atoms. The molecule has 1 heterocycles. The zero-order valence-electron chi connectivity index (χ0n) is 17.9. The van der Waals surface area contributed by atoms with Crippen LogP contribution in [0.3, 0.4) is 0 Å². The molecule has 158 valence electrons. The van der Waals surface area contributed by atoms with E-state index in [1.54, 1.807) is 7.05 Å². The number of morpholine rings is 1. The van der Waals surface area contributed by atoms with Gasteiger partial charge < -0.3 is 20.3 Å². The molecule has 0 spiro atoms. The number of benzene rings is 1. The lowest BCUT2D eigenvalue weighted by Gasteiger charge is -2.35. The molecule has 2 rings (SSSR count). The molecule has 0 aromatic heterocycles. The first-order valence-electron chi connectivity index (χ1n) is 9.81. The van der Waals surface area contributed by atoms with Crippen molar-refractivity contribution in [2.45, 2.75) is 59.4 Å². The summed E-state index contributed by atoms with van der Waals surface area (Å²) in [7, 11) is 1.77. The Hall–Kier alpha value is -1.35. The molecule has 0 saturated carbocycles. The van der Waals surface area contributed by atoms with Crippen molar-refractivity contribution < 1.29 is 9.53 Å². The van der Waals surface area contributed by atoms with Gasteiger partial charge in [0.2, 0.25) is 0 Å². The second-order valence-corrected chi connectivity index (χ2v) is 7.77. The number of aliphatic imine (C=N–C) groups is 1. The molecule has 0 radical (unpaired) electrons. The van der Waals surface area contributed by atoms with Crippen LogP contribution in [0.5, 0.6) is 0 Å². The second kappa shape index (κ2) is 11.6. The zero-order valence-corrected chi connectivity index (χ0v) is 20.2. The maximum absolute atomic E-state index is 12.7. The number of rotatable bonds is 5. The lowest BCUT2D eigenvalue weighted by Crippen LogP contribution is -2.48. The van der Waals surface area contributed by atoms with Gasteiger partial charge in [-0.05, 0) is 44.4 Å². The topological polar surface area (TPSA) is 66.0 Å². The highest BCUT2D eigenvalue weighted by molar-refractivity contribution is 14.0. The molecule has 0 aliphatic carbocycles. The summed E-state index contributed by atoms with van der Waals surface area (Å²) in [5.41, 5.74) is 1.83. The molecule has 6 nitrogen and oxygen atoms in total. The largest absolute Gasteiger partial charge is 0.372 e. The van der Waals surface area contributed by atoms with E-state index in [-0.39, 0.29) is 42.1 Å². The number of nitrogens with zero attached hydrogens (tertiary/aromatic N) is 2. The molecule has 3 atom stereocenters. The predicted molar refractivity (Wildman–Crippen MR) is 125 cm³/mol. The molecule has 1 aliphatic rings. The average Bonchev–Trinajstić information content (AvgIpc) is 2.63. The fourth-order valence-electron chi connectivity index (χ4n) is 3.05. The number of nitrogens with one attached hydrogen (secondary N) is 2. The number of carbonyl (C=O) groups excluding carboxylic acids is 1. The maximum Gasteiger partial charge on any atom is 0.254 e. The number of ether oxygens (including phenoxy) is 1. The van der Waals surface area contributed by atoms with Crippen LogP contribution in [0.1, 0.15) is 50.5 Å². The van der Waals surface area contributed by atoms with E-state index in [0.717, 1.165) is 17.1 Å². The Balaban J connectivity index is 0.00000392. The maximum atomic E-state index is 12.7. The van der Waals surface area contributed by atoms with Gasteiger partial charge in [0, 0.05) is 38.3 Å². The molecule has 1 fully saturated rings. The summed E-state index contributed by atoms with van der Waals surface area (Å²) in [6, 6.07) is 8.13. The third kappa shape index (κ3) is 7.24. The molecule has 1 aromatic carbocycles. The normalized spacial score (nSPS) is 21.1. The molecule has 1 amide bonds. The van der Waals surface area contributed by atoms with Crippen molar-refractivity contribution in [3.8, 4) is 0 Å². The summed E-state index contributed by atoms with van der Waals surface area (Å²) >= 11 is 0. The second-order valence-electron chi connectivity index (χ2n) is 7.77. The lowest BCUT2D eigenvalue weighted by atomic mass is 10.1. The smallest absolute Gasteiger partial charge is 0.254 e. The first-order chi connectivity index (χ1) is 12.8. The molecule has 1 aliphatic heterocycles. The van der Waals surface area contributed by atoms with Crippen LogP contribution in [0.25, 0.3) is 0 Å². The summed E-state index contributed by atoms with van der Waals surface area (Å²) in [5.74, 6) is 1.38. The molecule has 2 N–H and O–H groups in total. The Kier molecular flexibility index (Phi) is 10.2. The molecule has 1 saturated heterocycles. The van der Waals surface area contributed by atoms with Crippen LogP contribution in [0, 0.1) is 5.92 Å². The van der Waals surface area contributed by atoms with Crippen molar-refractivity contribution in [1.29, 1.82) is 0 Å². The van der Waals surface area contributed by atoms with Crippen LogP contribution in [0.2, 0.25) is 0 Å². The molecule has 0 bridgehead atoms. The van der Waals surface area contributed by atoms with Crippen molar-refractivity contribution in [2.24, 2.45) is 10.9 Å². The van der Waals surface area contributed by atoms with Crippen molar-refractivity contribution in [2.75, 3.05) is 20.1 Å². The van der Waals surface area contributed by atoms with Gasteiger partial charge in [-0.2, -0.15) is 0 Å². The highest BCUT2D eigenvalue weighted by Crippen LogP contribution is 2.15. The third-order valence-corrected chi connectivity index (χ3v) is 4.96. The van der Waals surface area contributed by atoms with Gasteiger partial charge in [-0.25, -0.2) is 0 Å². The molecule has 1 aromatic rings. The number of halogens is 1. The van der Waals surface area contributed by atoms with Gasteiger partial charge >= 0.3 is 0 Å². The Morgan fingerprint density at radius 1 is 1.18 bits per heavy atom. The van der Waals surface area contributed by atoms with E-state index >= 15 is 0 Å². The highest BCUT2D eigenvalue weighted by atomic mass is 127. The van der Waals surface area contributed by atoms with Gasteiger partial charge in [0.05, 0.1) is 12.2 Å². The Bertz CT molecular complexity index is 638. The van der Waals surface area contributed by atoms with E-state index in [2.05, 4.69) is 36.4 Å². The fraction of sp³-hybridized carbons (Fsp3) is 0.619. The van der Waals surface area contributed by atoms with Gasteiger partial charge in [0.25, 0.3) is 5.91 Å². The van der Waals surface area contributed by atoms with E-state index in [0.29, 0.717) is 31.6 Å². The van der Waals surface area contributed by atoms with Crippen molar-refractivity contribution in [3.05, 3.63) is 35.4 Å². The lowest BCUT2D eigenvalue weighted by molar-refractivity contribution is -0.0586. The van der Waals surface area contributed by atoms with Crippen LogP contribution in [0.4, 0.5) is 0 Å². The first kappa shape index (κ1) is 24.7. The summed E-state index contributed by atoms with van der Waals surface area (Å²) in [5, 5.41) is 6.71. The first-order valence-corrected chi connectivity index (χ1v) is 9.81. The minimum atomic E-state index is 0. The quantitative estimate of drug-likeness (QED) is 0.369. The summed E-state index contributed by atoms with van der Waals surface area (Å²) in [4.78, 5) is 18.9. The zero-order chi connectivity index (χ0) is 20.0. The SMILES string of the molecule is CN=C(NCc1ccc(C(=O)N2CC(C)OC(C)C2)cc1)NC(C)C(C)C.I. The van der Waals surface area contributed by atoms with E-state index in [1.807, 2.05) is 43.0 Å². The average molecular weight is 502 g/mol. The van der Waals surface area contributed by atoms with Crippen LogP contribution in [-0.2, 0) is 11.3 Å². The van der Waals surface area contributed by atoms with Gasteiger partial charge in [-0.1, -0.05) is 26.0 Å². The number of hydrogen-bond donors (Lipinski definition) is 2. The van der Waals surface area contributed by atoms with Gasteiger partial charge in [0.15, 0.2) is 5.96 Å². The summed E-state index contributed by atoms with van der Waals surface area (Å²) < 4.78 is 5.71. The monoisotopic (exact) mass is 502 g/mol. The number of guanidine groups is 1. The summed E-state index contributed by atoms with van der Waals surface area (Å²) in [6.07, 6.45) is 0.155. The van der Waals surface area contributed by atoms with Gasteiger partial charge in [0.1, 0.15) is 0 Å². The van der Waals surface area contributed by atoms with E-state index < -0.39 is 0 Å². The van der Waals surface area contributed by atoms with Crippen molar-refractivity contribution in [3.63, 3.8) is 0 Å². The Morgan fingerprint density at radius 2 is 1.75 bits per heavy atom. The summed E-state index contributed by atoms with van der Waals surface area (Å²) in [6.45, 7) is 12.5. The Labute approximate surface area is 186 Å². The standard InChI is InChI=1S/C21H34N4O2.HI/c1-14(2)17(5)24-21(22-6)23-11-18-7-9-19(10-8-18)20(26)25-12-15(3)27-16(4)13-25;/h7-10,14-17H,11-13H2,1-6H3,(H2,22,23,24);1H. The number of carbonyl (C=O) groups is 1. The third-order valence-electron chi connectivity index (χ3n) is 4.96. The van der Waals surface area contributed by atoms with Crippen molar-refractivity contribution in [1.82, 2.24) is 15.5 Å². The predicted octanol–water partition coefficient (Wildman–Crippen LogP) is 3.26. The molecule has 7 heteroatoms. The fourth-order valence-corrected chi connectivity index (χ4v) is 3.05. The Morgan fingerprint density at radius 3 is 2.25 bits per heavy atom. The van der Waals surface area contributed by atoms with Crippen LogP contribution < -0.4 is 10.6 Å². The van der Waals surface area contributed by atoms with Gasteiger partial charge in [-0.3, -0.25) is 9.79 Å². The van der Waals surface area contributed by atoms with E-state index in [4.69, 9.17) is 4.74 Å². The van der Waals surface area contributed by atoms with E-state index in [1.165, 1.54) is 0 Å². The molecule has 3 unspecified atom stereocenters. The van der Waals surface area contributed by atoms with Gasteiger partial charge in [-0.15, -0.1) is 24.0 Å². The number of amides is 1. The van der Waals surface area contributed by atoms with E-state index in [9.17, 15) is 4.79 Å². The minimum absolute atomic E-state index is 0. The van der Waals surface area contributed by atoms with Crippen LogP contribution in [-0.4, -0.2) is 55.2 Å². The van der Waals surface area contributed by atoms with Crippen LogP contribution >= 0.6 is 24.0 Å². The minimum Gasteiger partial charge on any atom is -0.372 e.